The van der Waals surface area contributed by atoms with Gasteiger partial charge in [-0.2, -0.15) is 0 Å². The fourth-order valence-electron chi connectivity index (χ4n) is 4.59. The van der Waals surface area contributed by atoms with E-state index in [-0.39, 0.29) is 8.80 Å². The molecule has 0 fully saturated rings. The Hall–Kier alpha value is 0.217. The van der Waals surface area contributed by atoms with Crippen LogP contribution in [0.1, 0.15) is 138 Å². The largest absolute Gasteiger partial charge is 0.0654 e. The van der Waals surface area contributed by atoms with Crippen molar-refractivity contribution in [1.82, 2.24) is 0 Å². The highest BCUT2D eigenvalue weighted by Gasteiger charge is 2.29. The van der Waals surface area contributed by atoms with Gasteiger partial charge in [0.2, 0.25) is 0 Å². The van der Waals surface area contributed by atoms with Crippen molar-refractivity contribution in [2.45, 2.75) is 154 Å². The van der Waals surface area contributed by atoms with Crippen LogP contribution in [0.25, 0.3) is 0 Å². The minimum atomic E-state index is -0.239. The molecular weight excluding hydrogens is 316 g/mol. The highest BCUT2D eigenvalue weighted by molar-refractivity contribution is 6.63. The number of hydrogen-bond donors (Lipinski definition) is 0. The summed E-state index contributed by atoms with van der Waals surface area (Å²) in [4.78, 5) is 0. The van der Waals surface area contributed by atoms with Gasteiger partial charge in [0, 0.05) is 0 Å². The third kappa shape index (κ3) is 13.1. The third-order valence-electron chi connectivity index (χ3n) is 6.18. The Kier molecular flexibility index (Phi) is 17.8. The fraction of sp³-hybridized carbons (Fsp3) is 1.00. The molecule has 0 N–H and O–H groups in total. The Balaban J connectivity index is 4.49. The molecule has 0 saturated heterocycles. The summed E-state index contributed by atoms with van der Waals surface area (Å²) in [5.41, 5.74) is 3.05. The maximum Gasteiger partial charge on any atom is 0.0570 e. The van der Waals surface area contributed by atoms with Crippen LogP contribution < -0.4 is 0 Å². The molecule has 0 aliphatic carbocycles. The van der Waals surface area contributed by atoms with E-state index < -0.39 is 0 Å². The van der Waals surface area contributed by atoms with Crippen LogP contribution in [0.4, 0.5) is 0 Å². The smallest absolute Gasteiger partial charge is 0.0570 e. The standard InChI is InChI=1S/C24H51Si/c1-7-10-13-16-19-22(4)25(23(5)20-17-14-11-8-2)24(6)21-18-15-12-9-3/h22-24H,7-21H2,1-6H3. The van der Waals surface area contributed by atoms with E-state index in [1.165, 1.54) is 96.3 Å². The average molecular weight is 368 g/mol. The van der Waals surface area contributed by atoms with Crippen molar-refractivity contribution in [3.63, 3.8) is 0 Å². The molecule has 151 valence electrons. The Morgan fingerprint density at radius 3 is 0.960 bits per heavy atom. The molecule has 0 rings (SSSR count). The summed E-state index contributed by atoms with van der Waals surface area (Å²) < 4.78 is 0. The van der Waals surface area contributed by atoms with Gasteiger partial charge in [0.05, 0.1) is 8.80 Å². The molecule has 0 aromatic heterocycles. The van der Waals surface area contributed by atoms with Crippen LogP contribution in [0.5, 0.6) is 0 Å². The molecule has 25 heavy (non-hydrogen) atoms. The van der Waals surface area contributed by atoms with Crippen molar-refractivity contribution in [3.8, 4) is 0 Å². The monoisotopic (exact) mass is 367 g/mol. The maximum absolute atomic E-state index is 2.62. The van der Waals surface area contributed by atoms with Gasteiger partial charge >= 0.3 is 0 Å². The summed E-state index contributed by atoms with van der Waals surface area (Å²) in [6.07, 6.45) is 21.8. The number of rotatable bonds is 18. The Morgan fingerprint density at radius 2 is 0.720 bits per heavy atom. The average Bonchev–Trinajstić information content (AvgIpc) is 2.59. The lowest BCUT2D eigenvalue weighted by molar-refractivity contribution is 0.570. The molecular formula is C24H51Si. The van der Waals surface area contributed by atoms with E-state index in [2.05, 4.69) is 41.5 Å². The van der Waals surface area contributed by atoms with Crippen LogP contribution in [-0.2, 0) is 0 Å². The van der Waals surface area contributed by atoms with E-state index in [4.69, 9.17) is 0 Å². The van der Waals surface area contributed by atoms with Gasteiger partial charge in [0.15, 0.2) is 0 Å². The van der Waals surface area contributed by atoms with Gasteiger partial charge < -0.3 is 0 Å². The van der Waals surface area contributed by atoms with E-state index in [9.17, 15) is 0 Å². The van der Waals surface area contributed by atoms with Crippen LogP contribution in [0, 0.1) is 0 Å². The first kappa shape index (κ1) is 25.2. The minimum absolute atomic E-state index is 0.239. The molecule has 0 aromatic rings. The van der Waals surface area contributed by atoms with Crippen molar-refractivity contribution < 1.29 is 0 Å². The summed E-state index contributed by atoms with van der Waals surface area (Å²) in [6, 6.07) is 0. The van der Waals surface area contributed by atoms with Crippen molar-refractivity contribution in [2.24, 2.45) is 0 Å². The van der Waals surface area contributed by atoms with Gasteiger partial charge in [-0.05, 0) is 16.6 Å². The normalized spacial score (nSPS) is 15.5. The molecule has 0 nitrogen and oxygen atoms in total. The van der Waals surface area contributed by atoms with Gasteiger partial charge in [-0.15, -0.1) is 0 Å². The lowest BCUT2D eigenvalue weighted by Gasteiger charge is -2.33. The van der Waals surface area contributed by atoms with E-state index >= 15 is 0 Å². The maximum atomic E-state index is 2.62. The van der Waals surface area contributed by atoms with Gasteiger partial charge in [-0.3, -0.25) is 0 Å². The summed E-state index contributed by atoms with van der Waals surface area (Å²) >= 11 is 0. The van der Waals surface area contributed by atoms with E-state index in [0.717, 1.165) is 16.6 Å². The molecule has 3 atom stereocenters. The van der Waals surface area contributed by atoms with Crippen LogP contribution in [-0.4, -0.2) is 8.80 Å². The molecule has 3 unspecified atom stereocenters. The zero-order chi connectivity index (χ0) is 18.9. The van der Waals surface area contributed by atoms with Crippen molar-refractivity contribution in [1.29, 1.82) is 0 Å². The first-order valence-corrected chi connectivity index (χ1v) is 13.7. The molecule has 0 spiro atoms. The first-order valence-electron chi connectivity index (χ1n) is 11.9. The summed E-state index contributed by atoms with van der Waals surface area (Å²) in [6.45, 7) is 14.8. The van der Waals surface area contributed by atoms with E-state index in [1.807, 2.05) is 0 Å². The Bertz CT molecular complexity index is 220. The second-order valence-corrected chi connectivity index (χ2v) is 12.7. The molecule has 0 bridgehead atoms. The lowest BCUT2D eigenvalue weighted by Crippen LogP contribution is -2.29. The predicted octanol–water partition coefficient (Wildman–Crippen LogP) is 9.56. The zero-order valence-corrected chi connectivity index (χ0v) is 19.8. The summed E-state index contributed by atoms with van der Waals surface area (Å²) in [7, 11) is -0.239. The van der Waals surface area contributed by atoms with E-state index in [1.54, 1.807) is 0 Å². The van der Waals surface area contributed by atoms with Crippen molar-refractivity contribution in [3.05, 3.63) is 0 Å². The van der Waals surface area contributed by atoms with Crippen LogP contribution >= 0.6 is 0 Å². The van der Waals surface area contributed by atoms with Gasteiger partial charge in [0.25, 0.3) is 0 Å². The lowest BCUT2D eigenvalue weighted by atomic mass is 10.1. The predicted molar refractivity (Wildman–Crippen MR) is 120 cm³/mol. The Labute approximate surface area is 163 Å². The fourth-order valence-corrected chi connectivity index (χ4v) is 9.12. The summed E-state index contributed by atoms with van der Waals surface area (Å²) in [5, 5.41) is 0. The highest BCUT2D eigenvalue weighted by atomic mass is 28.3. The van der Waals surface area contributed by atoms with E-state index in [0.29, 0.717) is 0 Å². The van der Waals surface area contributed by atoms with Crippen LogP contribution in [0.15, 0.2) is 0 Å². The summed E-state index contributed by atoms with van der Waals surface area (Å²) in [5.74, 6) is 0. The molecule has 0 saturated carbocycles. The third-order valence-corrected chi connectivity index (χ3v) is 10.5. The van der Waals surface area contributed by atoms with Crippen molar-refractivity contribution in [2.75, 3.05) is 0 Å². The molecule has 0 heterocycles. The van der Waals surface area contributed by atoms with Crippen LogP contribution in [0.2, 0.25) is 16.6 Å². The first-order chi connectivity index (χ1) is 12.1. The van der Waals surface area contributed by atoms with Gasteiger partial charge in [0.1, 0.15) is 0 Å². The van der Waals surface area contributed by atoms with Crippen LogP contribution in [0.3, 0.4) is 0 Å². The zero-order valence-electron chi connectivity index (χ0n) is 18.8. The molecule has 0 aromatic carbocycles. The molecule has 1 radical (unpaired) electrons. The minimum Gasteiger partial charge on any atom is -0.0654 e. The van der Waals surface area contributed by atoms with Crippen molar-refractivity contribution >= 4 is 8.80 Å². The Morgan fingerprint density at radius 1 is 0.440 bits per heavy atom. The molecule has 0 aliphatic heterocycles. The number of hydrogen-bond acceptors (Lipinski definition) is 0. The quantitative estimate of drug-likeness (QED) is 0.167. The molecule has 0 aliphatic rings. The molecule has 0 amide bonds. The van der Waals surface area contributed by atoms with Gasteiger partial charge in [-0.1, -0.05) is 138 Å². The second-order valence-electron chi connectivity index (χ2n) is 8.75. The highest BCUT2D eigenvalue weighted by Crippen LogP contribution is 2.39. The SMILES string of the molecule is CCCCCCC(C)[Si](C(C)CCCCCC)C(C)CCCCCC. The number of unbranched alkanes of at least 4 members (excludes halogenated alkanes) is 9. The van der Waals surface area contributed by atoms with Gasteiger partial charge in [-0.25, -0.2) is 0 Å². The topological polar surface area (TPSA) is 0 Å². The second kappa shape index (κ2) is 17.6. The molecule has 1 heteroatoms.